The summed E-state index contributed by atoms with van der Waals surface area (Å²) in [4.78, 5) is 9.32. The second-order valence-electron chi connectivity index (χ2n) is 3.28. The van der Waals surface area contributed by atoms with Crippen LogP contribution in [0.1, 0.15) is 11.1 Å². The number of imidazole rings is 1. The first-order valence-corrected chi connectivity index (χ1v) is 5.00. The first-order chi connectivity index (χ1) is 7.25. The number of hydrogen-bond donors (Lipinski definition) is 0. The van der Waals surface area contributed by atoms with E-state index in [0.29, 0.717) is 6.61 Å². The summed E-state index contributed by atoms with van der Waals surface area (Å²) in [5.41, 5.74) is 2.15. The van der Waals surface area contributed by atoms with Gasteiger partial charge in [0.15, 0.2) is 0 Å². The van der Waals surface area contributed by atoms with E-state index in [1.807, 2.05) is 25.1 Å². The third-order valence-electron chi connectivity index (χ3n) is 2.08. The Balaban J connectivity index is 2.02. The number of benzene rings is 1. The Bertz CT molecular complexity index is 440. The predicted molar refractivity (Wildman–Crippen MR) is 58.7 cm³/mol. The predicted octanol–water partition coefficient (Wildman–Crippen LogP) is 2.47. The first-order valence-electron chi connectivity index (χ1n) is 4.62. The molecule has 0 aliphatic heterocycles. The molecule has 0 saturated heterocycles. The molecule has 1 aromatic carbocycles. The van der Waals surface area contributed by atoms with Crippen molar-refractivity contribution in [2.45, 2.75) is 13.5 Å². The van der Waals surface area contributed by atoms with E-state index in [1.54, 1.807) is 23.5 Å². The lowest BCUT2D eigenvalue weighted by molar-refractivity contribution is 0.0969. The summed E-state index contributed by atoms with van der Waals surface area (Å²) in [5, 5.41) is 0.779. The Morgan fingerprint density at radius 1 is 1.47 bits per heavy atom. The molecule has 0 fully saturated rings. The summed E-state index contributed by atoms with van der Waals surface area (Å²) in [7, 11) is 0. The lowest BCUT2D eigenvalue weighted by atomic mass is 10.1. The maximum Gasteiger partial charge on any atom is 0.140 e. The number of aromatic nitrogens is 2. The molecule has 0 atom stereocenters. The Kier molecular flexibility index (Phi) is 2.92. The number of nitrogens with zero attached hydrogens (tertiary/aromatic N) is 2. The Labute approximate surface area is 93.2 Å². The summed E-state index contributed by atoms with van der Waals surface area (Å²) in [5.74, 6) is 0. The molecular weight excluding hydrogens is 212 g/mol. The fourth-order valence-corrected chi connectivity index (χ4v) is 1.39. The molecular formula is C11H11ClN2O. The van der Waals surface area contributed by atoms with Gasteiger partial charge in [0.25, 0.3) is 0 Å². The van der Waals surface area contributed by atoms with Crippen LogP contribution in [0.15, 0.2) is 36.9 Å². The number of halogens is 1. The molecule has 2 aromatic rings. The van der Waals surface area contributed by atoms with Crippen LogP contribution >= 0.6 is 11.6 Å². The van der Waals surface area contributed by atoms with Crippen LogP contribution in [0.5, 0.6) is 0 Å². The molecule has 0 unspecified atom stereocenters. The van der Waals surface area contributed by atoms with Crippen molar-refractivity contribution in [1.29, 1.82) is 0 Å². The fraction of sp³-hybridized carbons (Fsp3) is 0.182. The smallest absolute Gasteiger partial charge is 0.140 e. The largest absolute Gasteiger partial charge is 0.408 e. The van der Waals surface area contributed by atoms with Gasteiger partial charge in [-0.2, -0.15) is 4.73 Å². The van der Waals surface area contributed by atoms with E-state index in [2.05, 4.69) is 4.98 Å². The van der Waals surface area contributed by atoms with Gasteiger partial charge in [-0.1, -0.05) is 23.7 Å². The molecule has 0 spiro atoms. The fourth-order valence-electron chi connectivity index (χ4n) is 1.27. The average molecular weight is 223 g/mol. The second-order valence-corrected chi connectivity index (χ2v) is 3.69. The van der Waals surface area contributed by atoms with Crippen LogP contribution in [-0.2, 0) is 6.61 Å². The molecule has 4 heteroatoms. The van der Waals surface area contributed by atoms with Crippen molar-refractivity contribution in [3.05, 3.63) is 53.1 Å². The lowest BCUT2D eigenvalue weighted by Crippen LogP contribution is -2.08. The maximum absolute atomic E-state index is 5.92. The van der Waals surface area contributed by atoms with Crippen molar-refractivity contribution >= 4 is 11.6 Å². The average Bonchev–Trinajstić information content (AvgIpc) is 2.73. The van der Waals surface area contributed by atoms with E-state index in [9.17, 15) is 0 Å². The molecule has 0 bridgehead atoms. The van der Waals surface area contributed by atoms with Crippen LogP contribution in [0, 0.1) is 6.92 Å². The van der Waals surface area contributed by atoms with E-state index in [4.69, 9.17) is 16.4 Å². The highest BCUT2D eigenvalue weighted by Gasteiger charge is 1.98. The van der Waals surface area contributed by atoms with Crippen molar-refractivity contribution in [3.8, 4) is 0 Å². The first kappa shape index (κ1) is 10.1. The van der Waals surface area contributed by atoms with Crippen molar-refractivity contribution in [1.82, 2.24) is 9.71 Å². The molecule has 0 radical (unpaired) electrons. The molecule has 3 nitrogen and oxygen atoms in total. The van der Waals surface area contributed by atoms with Gasteiger partial charge in [-0.05, 0) is 24.1 Å². The molecule has 78 valence electrons. The van der Waals surface area contributed by atoms with E-state index in [0.717, 1.165) is 16.1 Å². The quantitative estimate of drug-likeness (QED) is 0.798. The highest BCUT2D eigenvalue weighted by Crippen LogP contribution is 2.16. The van der Waals surface area contributed by atoms with Gasteiger partial charge in [-0.25, -0.2) is 4.98 Å². The molecule has 1 heterocycles. The van der Waals surface area contributed by atoms with Crippen LogP contribution in [0.4, 0.5) is 0 Å². The number of hydrogen-bond acceptors (Lipinski definition) is 2. The van der Waals surface area contributed by atoms with Gasteiger partial charge in [0, 0.05) is 11.2 Å². The summed E-state index contributed by atoms with van der Waals surface area (Å²) in [6.45, 7) is 2.48. The highest BCUT2D eigenvalue weighted by atomic mass is 35.5. The minimum atomic E-state index is 0.508. The van der Waals surface area contributed by atoms with Gasteiger partial charge in [0.1, 0.15) is 12.9 Å². The Hall–Kier alpha value is -1.48. The van der Waals surface area contributed by atoms with Gasteiger partial charge in [-0.15, -0.1) is 0 Å². The SMILES string of the molecule is Cc1cc(COn2ccnc2)ccc1Cl. The van der Waals surface area contributed by atoms with Crippen LogP contribution in [0.25, 0.3) is 0 Å². The standard InChI is InChI=1S/C11H11ClN2O/c1-9-6-10(2-3-11(9)12)7-15-14-5-4-13-8-14/h2-6,8H,7H2,1H3. The molecule has 2 rings (SSSR count). The van der Waals surface area contributed by atoms with E-state index in [-0.39, 0.29) is 0 Å². The molecule has 0 amide bonds. The topological polar surface area (TPSA) is 27.1 Å². The lowest BCUT2D eigenvalue weighted by Gasteiger charge is -2.06. The van der Waals surface area contributed by atoms with Gasteiger partial charge < -0.3 is 4.84 Å². The van der Waals surface area contributed by atoms with E-state index in [1.165, 1.54) is 0 Å². The van der Waals surface area contributed by atoms with Crippen LogP contribution in [0.2, 0.25) is 5.02 Å². The molecule has 0 aliphatic carbocycles. The third kappa shape index (κ3) is 2.50. The van der Waals surface area contributed by atoms with Crippen molar-refractivity contribution in [3.63, 3.8) is 0 Å². The Morgan fingerprint density at radius 3 is 3.00 bits per heavy atom. The number of rotatable bonds is 3. The Morgan fingerprint density at radius 2 is 2.33 bits per heavy atom. The summed E-state index contributed by atoms with van der Waals surface area (Å²) in [6, 6.07) is 5.84. The molecule has 0 N–H and O–H groups in total. The zero-order chi connectivity index (χ0) is 10.7. The summed E-state index contributed by atoms with van der Waals surface area (Å²) >= 11 is 5.92. The summed E-state index contributed by atoms with van der Waals surface area (Å²) < 4.78 is 1.57. The zero-order valence-corrected chi connectivity index (χ0v) is 9.11. The minimum Gasteiger partial charge on any atom is -0.408 e. The van der Waals surface area contributed by atoms with Crippen molar-refractivity contribution < 1.29 is 4.84 Å². The van der Waals surface area contributed by atoms with Crippen molar-refractivity contribution in [2.75, 3.05) is 0 Å². The highest BCUT2D eigenvalue weighted by molar-refractivity contribution is 6.31. The van der Waals surface area contributed by atoms with Gasteiger partial charge in [0.05, 0.1) is 6.20 Å². The van der Waals surface area contributed by atoms with Gasteiger partial charge in [-0.3, -0.25) is 0 Å². The molecule has 1 aromatic heterocycles. The second kappa shape index (κ2) is 4.36. The minimum absolute atomic E-state index is 0.508. The van der Waals surface area contributed by atoms with Gasteiger partial charge in [0.2, 0.25) is 0 Å². The normalized spacial score (nSPS) is 10.3. The third-order valence-corrected chi connectivity index (χ3v) is 2.51. The van der Waals surface area contributed by atoms with Crippen LogP contribution < -0.4 is 4.84 Å². The molecule has 15 heavy (non-hydrogen) atoms. The van der Waals surface area contributed by atoms with Crippen LogP contribution in [0.3, 0.4) is 0 Å². The van der Waals surface area contributed by atoms with Crippen LogP contribution in [-0.4, -0.2) is 9.71 Å². The number of aryl methyl sites for hydroxylation is 1. The molecule has 0 saturated carbocycles. The van der Waals surface area contributed by atoms with Gasteiger partial charge >= 0.3 is 0 Å². The summed E-state index contributed by atoms with van der Waals surface area (Å²) in [6.07, 6.45) is 5.04. The molecule has 0 aliphatic rings. The zero-order valence-electron chi connectivity index (χ0n) is 8.35. The van der Waals surface area contributed by atoms with Crippen molar-refractivity contribution in [2.24, 2.45) is 0 Å². The van der Waals surface area contributed by atoms with E-state index < -0.39 is 0 Å². The monoisotopic (exact) mass is 222 g/mol. The maximum atomic E-state index is 5.92. The van der Waals surface area contributed by atoms with E-state index >= 15 is 0 Å².